The number of benzene rings is 1. The molecule has 1 aromatic carbocycles. The van der Waals surface area contributed by atoms with Crippen LogP contribution in [0.25, 0.3) is 0 Å². The van der Waals surface area contributed by atoms with Crippen molar-refractivity contribution in [1.29, 1.82) is 0 Å². The third-order valence-corrected chi connectivity index (χ3v) is 6.15. The minimum absolute atomic E-state index is 0.0785. The molecule has 2 rings (SSSR count). The van der Waals surface area contributed by atoms with Gasteiger partial charge < -0.3 is 4.90 Å². The van der Waals surface area contributed by atoms with E-state index in [1.807, 2.05) is 0 Å². The fourth-order valence-corrected chi connectivity index (χ4v) is 3.95. The molecule has 0 aliphatic carbocycles. The summed E-state index contributed by atoms with van der Waals surface area (Å²) in [7, 11) is -2.35. The van der Waals surface area contributed by atoms with Crippen molar-refractivity contribution < 1.29 is 18.0 Å². The van der Waals surface area contributed by atoms with E-state index in [0.29, 0.717) is 24.6 Å². The Hall–Kier alpha value is -1.73. The van der Waals surface area contributed by atoms with Crippen molar-refractivity contribution >= 4 is 21.7 Å². The fourth-order valence-electron chi connectivity index (χ4n) is 2.83. The molecule has 1 heterocycles. The smallest absolute Gasteiger partial charge is 0.243 e. The Balaban J connectivity index is 2.08. The number of amides is 1. The first-order valence-corrected chi connectivity index (χ1v) is 9.51. The van der Waals surface area contributed by atoms with Gasteiger partial charge in [-0.2, -0.15) is 4.31 Å². The molecule has 1 atom stereocenters. The normalized spacial score (nSPS) is 18.7. The number of rotatable bonds is 5. The van der Waals surface area contributed by atoms with Crippen molar-refractivity contribution in [3.8, 4) is 0 Å². The zero-order valence-electron chi connectivity index (χ0n) is 14.4. The molecule has 1 fully saturated rings. The number of likely N-dealkylation sites (N-methyl/N-ethyl adjacent to an activating group) is 1. The third kappa shape index (κ3) is 4.21. The predicted octanol–water partition coefficient (Wildman–Crippen LogP) is 1.77. The van der Waals surface area contributed by atoms with Crippen LogP contribution in [-0.2, 0) is 14.8 Å². The van der Waals surface area contributed by atoms with E-state index in [4.69, 9.17) is 0 Å². The number of carbonyl (C=O) groups is 2. The van der Waals surface area contributed by atoms with E-state index in [0.717, 1.165) is 17.1 Å². The monoisotopic (exact) mass is 352 g/mol. The van der Waals surface area contributed by atoms with Crippen LogP contribution < -0.4 is 0 Å². The largest absolute Gasteiger partial charge is 0.341 e. The summed E-state index contributed by atoms with van der Waals surface area (Å²) in [6, 6.07) is 5.76. The number of Topliss-reactive ketones (excluding diaryl/α,β-unsaturated/α-hetero) is 1. The van der Waals surface area contributed by atoms with Crippen LogP contribution in [0.15, 0.2) is 29.2 Å². The summed E-state index contributed by atoms with van der Waals surface area (Å²) in [6.45, 7) is 4.71. The van der Waals surface area contributed by atoms with E-state index in [1.54, 1.807) is 4.90 Å². The van der Waals surface area contributed by atoms with Crippen LogP contribution in [0.2, 0.25) is 0 Å². The lowest BCUT2D eigenvalue weighted by atomic mass is 10.0. The maximum atomic E-state index is 12.6. The van der Waals surface area contributed by atoms with E-state index < -0.39 is 10.0 Å². The summed E-state index contributed by atoms with van der Waals surface area (Å²) >= 11 is 0. The van der Waals surface area contributed by atoms with Gasteiger partial charge in [-0.15, -0.1) is 0 Å². The van der Waals surface area contributed by atoms with E-state index in [2.05, 4.69) is 6.92 Å². The van der Waals surface area contributed by atoms with Crippen LogP contribution in [-0.4, -0.2) is 56.0 Å². The lowest BCUT2D eigenvalue weighted by molar-refractivity contribution is -0.132. The van der Waals surface area contributed by atoms with Crippen LogP contribution in [0.1, 0.15) is 37.0 Å². The summed E-state index contributed by atoms with van der Waals surface area (Å²) in [5.74, 6) is 0.151. The molecule has 7 heteroatoms. The first kappa shape index (κ1) is 18.6. The van der Waals surface area contributed by atoms with Gasteiger partial charge in [0, 0.05) is 25.7 Å². The number of carbonyl (C=O) groups excluding carboxylic acids is 2. The molecule has 0 saturated carbocycles. The number of likely N-dealkylation sites (tertiary alicyclic amines) is 1. The fraction of sp³-hybridized carbons (Fsp3) is 0.529. The van der Waals surface area contributed by atoms with Crippen molar-refractivity contribution in [3.63, 3.8) is 0 Å². The van der Waals surface area contributed by atoms with Crippen molar-refractivity contribution in [3.05, 3.63) is 29.8 Å². The molecule has 0 bridgehead atoms. The molecule has 1 saturated heterocycles. The van der Waals surface area contributed by atoms with Gasteiger partial charge in [0.25, 0.3) is 0 Å². The Bertz CT molecular complexity index is 713. The molecule has 0 N–H and O–H groups in total. The maximum absolute atomic E-state index is 12.6. The Kier molecular flexibility index (Phi) is 5.77. The number of piperidine rings is 1. The first-order chi connectivity index (χ1) is 11.2. The summed E-state index contributed by atoms with van der Waals surface area (Å²) in [5, 5.41) is 0. The molecular weight excluding hydrogens is 328 g/mol. The summed E-state index contributed by atoms with van der Waals surface area (Å²) < 4.78 is 26.2. The standard InChI is InChI=1S/C17H24N2O4S/c1-13-5-4-10-19(11-13)17(21)12-18(3)24(22,23)16-8-6-15(7-9-16)14(2)20/h6-9,13H,4-5,10-12H2,1-3H3. The highest BCUT2D eigenvalue weighted by Crippen LogP contribution is 2.18. The van der Waals surface area contributed by atoms with Crippen LogP contribution in [0.4, 0.5) is 0 Å². The van der Waals surface area contributed by atoms with Crippen molar-refractivity contribution in [2.75, 3.05) is 26.7 Å². The highest BCUT2D eigenvalue weighted by molar-refractivity contribution is 7.89. The molecule has 1 unspecified atom stereocenters. The number of sulfonamides is 1. The van der Waals surface area contributed by atoms with E-state index in [9.17, 15) is 18.0 Å². The lowest BCUT2D eigenvalue weighted by Gasteiger charge is -2.32. The Labute approximate surface area is 143 Å². The number of hydrogen-bond acceptors (Lipinski definition) is 4. The molecule has 1 aromatic rings. The molecule has 0 aromatic heterocycles. The van der Waals surface area contributed by atoms with E-state index >= 15 is 0 Å². The maximum Gasteiger partial charge on any atom is 0.243 e. The van der Waals surface area contributed by atoms with Crippen LogP contribution in [0.3, 0.4) is 0 Å². The van der Waals surface area contributed by atoms with Gasteiger partial charge in [0.2, 0.25) is 15.9 Å². The van der Waals surface area contributed by atoms with Gasteiger partial charge in [-0.3, -0.25) is 9.59 Å². The number of nitrogens with zero attached hydrogens (tertiary/aromatic N) is 2. The Morgan fingerprint density at radius 2 is 1.88 bits per heavy atom. The SMILES string of the molecule is CC(=O)c1ccc(S(=O)(=O)N(C)CC(=O)N2CCCC(C)C2)cc1. The number of hydrogen-bond donors (Lipinski definition) is 0. The predicted molar refractivity (Wildman–Crippen MR) is 91.2 cm³/mol. The van der Waals surface area contributed by atoms with Crippen molar-refractivity contribution in [2.45, 2.75) is 31.6 Å². The highest BCUT2D eigenvalue weighted by atomic mass is 32.2. The van der Waals surface area contributed by atoms with E-state index in [1.165, 1.54) is 38.2 Å². The second-order valence-corrected chi connectivity index (χ2v) is 8.47. The van der Waals surface area contributed by atoms with Gasteiger partial charge in [-0.05, 0) is 37.8 Å². The van der Waals surface area contributed by atoms with Gasteiger partial charge >= 0.3 is 0 Å². The molecular formula is C17H24N2O4S. The zero-order chi connectivity index (χ0) is 17.9. The zero-order valence-corrected chi connectivity index (χ0v) is 15.2. The Morgan fingerprint density at radius 3 is 2.42 bits per heavy atom. The van der Waals surface area contributed by atoms with Gasteiger partial charge in [-0.1, -0.05) is 19.1 Å². The van der Waals surface area contributed by atoms with Crippen LogP contribution in [0, 0.1) is 5.92 Å². The first-order valence-electron chi connectivity index (χ1n) is 8.07. The van der Waals surface area contributed by atoms with Gasteiger partial charge in [0.1, 0.15) is 0 Å². The number of ketones is 1. The van der Waals surface area contributed by atoms with Crippen LogP contribution >= 0.6 is 0 Å². The molecule has 6 nitrogen and oxygen atoms in total. The summed E-state index contributed by atoms with van der Waals surface area (Å²) in [6.07, 6.45) is 2.05. The molecule has 1 amide bonds. The van der Waals surface area contributed by atoms with Crippen molar-refractivity contribution in [2.24, 2.45) is 5.92 Å². The molecule has 132 valence electrons. The van der Waals surface area contributed by atoms with Gasteiger partial charge in [-0.25, -0.2) is 8.42 Å². The van der Waals surface area contributed by atoms with Gasteiger partial charge in [0.15, 0.2) is 5.78 Å². The molecule has 1 aliphatic rings. The topological polar surface area (TPSA) is 74.8 Å². The van der Waals surface area contributed by atoms with Gasteiger partial charge in [0.05, 0.1) is 11.4 Å². The second kappa shape index (κ2) is 7.44. The molecule has 24 heavy (non-hydrogen) atoms. The average molecular weight is 352 g/mol. The lowest BCUT2D eigenvalue weighted by Crippen LogP contribution is -2.45. The summed E-state index contributed by atoms with van der Waals surface area (Å²) in [5.41, 5.74) is 0.454. The highest BCUT2D eigenvalue weighted by Gasteiger charge is 2.27. The molecule has 0 radical (unpaired) electrons. The van der Waals surface area contributed by atoms with E-state index in [-0.39, 0.29) is 23.1 Å². The Morgan fingerprint density at radius 1 is 1.25 bits per heavy atom. The second-order valence-electron chi connectivity index (χ2n) is 6.43. The summed E-state index contributed by atoms with van der Waals surface area (Å²) in [4.78, 5) is 25.4. The van der Waals surface area contributed by atoms with Crippen molar-refractivity contribution in [1.82, 2.24) is 9.21 Å². The average Bonchev–Trinajstić information content (AvgIpc) is 2.54. The minimum Gasteiger partial charge on any atom is -0.341 e. The van der Waals surface area contributed by atoms with Crippen LogP contribution in [0.5, 0.6) is 0 Å². The minimum atomic E-state index is -3.75. The molecule has 0 spiro atoms. The molecule has 1 aliphatic heterocycles. The quantitative estimate of drug-likeness (QED) is 0.757. The third-order valence-electron chi connectivity index (χ3n) is 4.34.